The van der Waals surface area contributed by atoms with Crippen LogP contribution in [0.25, 0.3) is 0 Å². The molecule has 1 fully saturated rings. The maximum Gasteiger partial charge on any atom is 0.297 e. The molecule has 0 amide bonds. The van der Waals surface area contributed by atoms with E-state index in [2.05, 4.69) is 4.52 Å². The Kier molecular flexibility index (Phi) is 3.22. The van der Waals surface area contributed by atoms with Gasteiger partial charge < -0.3 is 4.74 Å². The number of ether oxygens (including phenoxy) is 1. The Morgan fingerprint density at radius 3 is 2.60 bits per heavy atom. The Hall–Kier alpha value is -0.0200. The molecule has 0 aromatic heterocycles. The van der Waals surface area contributed by atoms with Gasteiger partial charge in [0.2, 0.25) is 0 Å². The normalized spacial score (nSPS) is 22.7. The van der Waals surface area contributed by atoms with Crippen molar-refractivity contribution in [2.24, 2.45) is 0 Å². The van der Waals surface area contributed by atoms with Gasteiger partial charge in [-0.1, -0.05) is 0 Å². The van der Waals surface area contributed by atoms with Gasteiger partial charge in [0, 0.05) is 20.2 Å². The van der Waals surface area contributed by atoms with Crippen molar-refractivity contribution in [1.82, 2.24) is 4.67 Å². The Morgan fingerprint density at radius 2 is 2.10 bits per heavy atom. The van der Waals surface area contributed by atoms with Gasteiger partial charge in [0.25, 0.3) is 8.18 Å². The van der Waals surface area contributed by atoms with Gasteiger partial charge in [-0.3, -0.25) is 4.52 Å². The summed E-state index contributed by atoms with van der Waals surface area (Å²) >= 11 is 0. The molecule has 59 valence electrons. The predicted molar refractivity (Wildman–Crippen MR) is 37.0 cm³/mol. The fraction of sp³-hybridized carbons (Fsp3) is 1.00. The molecule has 1 unspecified atom stereocenters. The van der Waals surface area contributed by atoms with E-state index in [4.69, 9.17) is 4.74 Å². The molecule has 4 nitrogen and oxygen atoms in total. The van der Waals surface area contributed by atoms with Crippen molar-refractivity contribution >= 4 is 8.18 Å². The lowest BCUT2D eigenvalue weighted by Gasteiger charge is -2.23. The van der Waals surface area contributed by atoms with Gasteiger partial charge >= 0.3 is 0 Å². The summed E-state index contributed by atoms with van der Waals surface area (Å²) in [5.74, 6) is 0. The van der Waals surface area contributed by atoms with Crippen molar-refractivity contribution in [3.05, 3.63) is 0 Å². The highest BCUT2D eigenvalue weighted by Crippen LogP contribution is 2.27. The monoisotopic (exact) mass is 164 g/mol. The summed E-state index contributed by atoms with van der Waals surface area (Å²) in [4.78, 5) is 0. The van der Waals surface area contributed by atoms with E-state index < -0.39 is 8.18 Å². The summed E-state index contributed by atoms with van der Waals surface area (Å²) in [5, 5.41) is 0. The van der Waals surface area contributed by atoms with E-state index in [1.54, 1.807) is 4.67 Å². The Labute approximate surface area is 61.0 Å². The summed E-state index contributed by atoms with van der Waals surface area (Å²) in [5.41, 5.74) is 0. The van der Waals surface area contributed by atoms with Gasteiger partial charge in [-0.15, -0.1) is 0 Å². The van der Waals surface area contributed by atoms with Crippen LogP contribution in [0.1, 0.15) is 0 Å². The van der Waals surface area contributed by atoms with Gasteiger partial charge in [0.05, 0.1) is 13.2 Å². The van der Waals surface area contributed by atoms with Crippen LogP contribution in [-0.2, 0) is 13.8 Å². The summed E-state index contributed by atoms with van der Waals surface area (Å²) in [6.45, 7) is 2.74. The second-order valence-corrected chi connectivity index (χ2v) is 3.39. The summed E-state index contributed by atoms with van der Waals surface area (Å²) in [6.07, 6.45) is 0. The standard InChI is InChI=1S/C5H11NO3P/c1-8-10(7)6-2-4-9-5-3-6/h2-5H2,1H3. The number of hydrogen-bond acceptors (Lipinski definition) is 3. The average Bonchev–Trinajstić information content (AvgIpc) is 2.05. The molecule has 0 spiro atoms. The maximum absolute atomic E-state index is 11.0. The van der Waals surface area contributed by atoms with Crippen molar-refractivity contribution in [2.45, 2.75) is 0 Å². The van der Waals surface area contributed by atoms with E-state index in [1.165, 1.54) is 7.11 Å². The minimum atomic E-state index is -1.59. The van der Waals surface area contributed by atoms with Crippen LogP contribution in [0.5, 0.6) is 0 Å². The third-order valence-corrected chi connectivity index (χ3v) is 2.55. The Morgan fingerprint density at radius 1 is 1.50 bits per heavy atom. The molecule has 0 aromatic carbocycles. The van der Waals surface area contributed by atoms with E-state index in [0.717, 1.165) is 0 Å². The first-order valence-corrected chi connectivity index (χ1v) is 4.31. The summed E-state index contributed by atoms with van der Waals surface area (Å²) in [7, 11) is -0.141. The average molecular weight is 164 g/mol. The lowest BCUT2D eigenvalue weighted by molar-refractivity contribution is 0.0690. The number of hydrogen-bond donors (Lipinski definition) is 0. The molecule has 1 rings (SSSR count). The minimum Gasteiger partial charge on any atom is -0.379 e. The van der Waals surface area contributed by atoms with Gasteiger partial charge in [-0.2, -0.15) is 0 Å². The van der Waals surface area contributed by atoms with Crippen LogP contribution in [-0.4, -0.2) is 38.1 Å². The van der Waals surface area contributed by atoms with Gasteiger partial charge in [-0.25, -0.2) is 9.24 Å². The maximum atomic E-state index is 11.0. The van der Waals surface area contributed by atoms with Crippen molar-refractivity contribution < 1.29 is 13.8 Å². The predicted octanol–water partition coefficient (Wildman–Crippen LogP) is 0.622. The molecular weight excluding hydrogens is 153 g/mol. The van der Waals surface area contributed by atoms with E-state index in [0.29, 0.717) is 26.3 Å². The summed E-state index contributed by atoms with van der Waals surface area (Å²) < 4.78 is 22.5. The quantitative estimate of drug-likeness (QED) is 0.561. The molecule has 0 bridgehead atoms. The number of nitrogens with zero attached hydrogens (tertiary/aromatic N) is 1. The zero-order valence-corrected chi connectivity index (χ0v) is 6.84. The van der Waals surface area contributed by atoms with Crippen LogP contribution >= 0.6 is 8.18 Å². The second-order valence-electron chi connectivity index (χ2n) is 1.99. The Bertz CT molecular complexity index is 124. The summed E-state index contributed by atoms with van der Waals surface area (Å²) in [6, 6.07) is 0. The molecule has 1 radical (unpaired) electrons. The van der Waals surface area contributed by atoms with Crippen LogP contribution in [0.4, 0.5) is 0 Å². The number of rotatable bonds is 2. The van der Waals surface area contributed by atoms with Crippen molar-refractivity contribution in [3.63, 3.8) is 0 Å². The Balaban J connectivity index is 2.31. The van der Waals surface area contributed by atoms with E-state index in [1.807, 2.05) is 0 Å². The van der Waals surface area contributed by atoms with Crippen LogP contribution in [0.15, 0.2) is 0 Å². The molecule has 0 aromatic rings. The molecule has 1 heterocycles. The van der Waals surface area contributed by atoms with E-state index in [9.17, 15) is 4.57 Å². The molecule has 0 aliphatic carbocycles. The molecule has 1 aliphatic heterocycles. The topological polar surface area (TPSA) is 38.8 Å². The molecule has 1 atom stereocenters. The zero-order chi connectivity index (χ0) is 7.40. The van der Waals surface area contributed by atoms with Crippen LogP contribution in [0, 0.1) is 0 Å². The highest BCUT2D eigenvalue weighted by molar-refractivity contribution is 7.36. The van der Waals surface area contributed by atoms with E-state index >= 15 is 0 Å². The van der Waals surface area contributed by atoms with Crippen LogP contribution < -0.4 is 0 Å². The molecular formula is C5H11NO3P. The smallest absolute Gasteiger partial charge is 0.297 e. The van der Waals surface area contributed by atoms with Crippen LogP contribution in [0.2, 0.25) is 0 Å². The second kappa shape index (κ2) is 3.98. The molecule has 0 saturated carbocycles. The highest BCUT2D eigenvalue weighted by Gasteiger charge is 2.16. The minimum absolute atomic E-state index is 0.657. The SMILES string of the molecule is CO[P](=O)N1CCOCC1. The van der Waals surface area contributed by atoms with Crippen molar-refractivity contribution in [2.75, 3.05) is 33.4 Å². The first kappa shape index (κ1) is 8.08. The van der Waals surface area contributed by atoms with Crippen molar-refractivity contribution in [1.29, 1.82) is 0 Å². The lowest BCUT2D eigenvalue weighted by atomic mass is 10.5. The third-order valence-electron chi connectivity index (χ3n) is 1.37. The lowest BCUT2D eigenvalue weighted by Crippen LogP contribution is -2.31. The molecule has 5 heteroatoms. The fourth-order valence-electron chi connectivity index (χ4n) is 0.832. The molecule has 0 N–H and O–H groups in total. The molecule has 10 heavy (non-hydrogen) atoms. The van der Waals surface area contributed by atoms with Crippen LogP contribution in [0.3, 0.4) is 0 Å². The van der Waals surface area contributed by atoms with Gasteiger partial charge in [0.15, 0.2) is 0 Å². The van der Waals surface area contributed by atoms with Gasteiger partial charge in [0.1, 0.15) is 0 Å². The van der Waals surface area contributed by atoms with Crippen molar-refractivity contribution in [3.8, 4) is 0 Å². The largest absolute Gasteiger partial charge is 0.379 e. The third kappa shape index (κ3) is 1.99. The first-order valence-electron chi connectivity index (χ1n) is 3.18. The fourth-order valence-corrected chi connectivity index (χ4v) is 1.55. The molecule has 1 saturated heterocycles. The first-order chi connectivity index (χ1) is 4.84. The highest BCUT2D eigenvalue weighted by atomic mass is 31.1. The number of morpholine rings is 1. The van der Waals surface area contributed by atoms with E-state index in [-0.39, 0.29) is 0 Å². The zero-order valence-electron chi connectivity index (χ0n) is 5.95. The molecule has 1 aliphatic rings. The van der Waals surface area contributed by atoms with Gasteiger partial charge in [-0.05, 0) is 0 Å².